The van der Waals surface area contributed by atoms with E-state index in [0.29, 0.717) is 34.0 Å². The highest BCUT2D eigenvalue weighted by Gasteiger charge is 2.19. The van der Waals surface area contributed by atoms with Crippen LogP contribution in [0.3, 0.4) is 0 Å². The molecule has 33 heavy (non-hydrogen) atoms. The zero-order valence-electron chi connectivity index (χ0n) is 18.0. The summed E-state index contributed by atoms with van der Waals surface area (Å²) in [5.41, 5.74) is 2.69. The Morgan fingerprint density at radius 2 is 1.58 bits per heavy atom. The Bertz CT molecular complexity index is 1220. The van der Waals surface area contributed by atoms with Gasteiger partial charge in [-0.1, -0.05) is 42.5 Å². The average molecular weight is 441 g/mol. The number of amides is 3. The Balaban J connectivity index is 1.40. The minimum atomic E-state index is -0.319. The lowest BCUT2D eigenvalue weighted by Gasteiger charge is -2.23. The van der Waals surface area contributed by atoms with Gasteiger partial charge in [0.2, 0.25) is 5.91 Å². The molecule has 0 atom stereocenters. The summed E-state index contributed by atoms with van der Waals surface area (Å²) in [7, 11) is 1.72. The van der Waals surface area contributed by atoms with Crippen molar-refractivity contribution in [3.8, 4) is 0 Å². The van der Waals surface area contributed by atoms with Gasteiger partial charge in [-0.25, -0.2) is 0 Å². The van der Waals surface area contributed by atoms with Crippen LogP contribution in [0.2, 0.25) is 0 Å². The second-order valence-corrected chi connectivity index (χ2v) is 7.50. The molecule has 166 valence electrons. The number of nitrogens with one attached hydrogen (secondary N) is 4. The van der Waals surface area contributed by atoms with Crippen LogP contribution in [0.5, 0.6) is 0 Å². The van der Waals surface area contributed by atoms with Gasteiger partial charge in [-0.2, -0.15) is 0 Å². The van der Waals surface area contributed by atoms with Gasteiger partial charge in [-0.15, -0.1) is 0 Å². The maximum absolute atomic E-state index is 12.7. The van der Waals surface area contributed by atoms with Gasteiger partial charge in [-0.3, -0.25) is 14.4 Å². The number of nitrogens with zero attached hydrogens (tertiary/aromatic N) is 1. The van der Waals surface area contributed by atoms with Gasteiger partial charge in [0.25, 0.3) is 11.8 Å². The molecule has 4 N–H and O–H groups in total. The Morgan fingerprint density at radius 1 is 0.879 bits per heavy atom. The zero-order valence-corrected chi connectivity index (χ0v) is 18.0. The summed E-state index contributed by atoms with van der Waals surface area (Å²) in [5.74, 6) is -0.374. The summed E-state index contributed by atoms with van der Waals surface area (Å²) in [4.78, 5) is 39.2. The molecule has 1 aliphatic heterocycles. The monoisotopic (exact) mass is 441 g/mol. The molecule has 0 aliphatic carbocycles. The van der Waals surface area contributed by atoms with E-state index in [1.165, 1.54) is 0 Å². The molecule has 0 saturated heterocycles. The third-order valence-corrected chi connectivity index (χ3v) is 4.91. The average Bonchev–Trinajstić information content (AvgIpc) is 2.80. The first-order valence-corrected chi connectivity index (χ1v) is 10.3. The van der Waals surface area contributed by atoms with Crippen LogP contribution >= 0.6 is 0 Å². The molecule has 1 heterocycles. The number of hydrogen-bond acceptors (Lipinski definition) is 5. The van der Waals surface area contributed by atoms with E-state index in [0.717, 1.165) is 0 Å². The largest absolute Gasteiger partial charge is 0.368 e. The lowest BCUT2D eigenvalue weighted by Crippen LogP contribution is -2.35. The molecule has 3 amide bonds. The second kappa shape index (κ2) is 9.69. The standard InChI is InChI=1S/C25H23N5O3/c1-30(15-22-27-20-13-7-5-11-18(20)25(33)29-22)16-23(31)28-21-14-8-6-12-19(21)24(32)26-17-9-3-2-4-10-17/h2-15,27H,16H2,1H3,(H,26,32)(H,28,31)(H,29,33). The Hall–Kier alpha value is -4.59. The highest BCUT2D eigenvalue weighted by atomic mass is 16.2. The normalized spacial score (nSPS) is 13.4. The number of anilines is 3. The molecule has 0 radical (unpaired) electrons. The van der Waals surface area contributed by atoms with Crippen molar-refractivity contribution in [2.45, 2.75) is 0 Å². The van der Waals surface area contributed by atoms with E-state index >= 15 is 0 Å². The zero-order chi connectivity index (χ0) is 23.2. The third-order valence-electron chi connectivity index (χ3n) is 4.91. The molecular formula is C25H23N5O3. The van der Waals surface area contributed by atoms with E-state index in [4.69, 9.17) is 0 Å². The minimum absolute atomic E-state index is 0.0112. The van der Waals surface area contributed by atoms with Crippen molar-refractivity contribution in [1.29, 1.82) is 0 Å². The van der Waals surface area contributed by atoms with E-state index in [9.17, 15) is 14.4 Å². The van der Waals surface area contributed by atoms with Gasteiger partial charge < -0.3 is 26.2 Å². The second-order valence-electron chi connectivity index (χ2n) is 7.50. The molecule has 4 rings (SSSR count). The van der Waals surface area contributed by atoms with Crippen molar-refractivity contribution in [1.82, 2.24) is 10.2 Å². The maximum Gasteiger partial charge on any atom is 0.258 e. The Morgan fingerprint density at radius 3 is 2.39 bits per heavy atom. The van der Waals surface area contributed by atoms with Crippen molar-refractivity contribution >= 4 is 34.8 Å². The topological polar surface area (TPSA) is 103 Å². The summed E-state index contributed by atoms with van der Waals surface area (Å²) in [6.07, 6.45) is 1.64. The summed E-state index contributed by atoms with van der Waals surface area (Å²) < 4.78 is 0. The number of likely N-dealkylation sites (N-methyl/N-ethyl adjacent to an activating group) is 1. The Labute approximate surface area is 191 Å². The van der Waals surface area contributed by atoms with Gasteiger partial charge >= 0.3 is 0 Å². The highest BCUT2D eigenvalue weighted by molar-refractivity contribution is 6.10. The Kier molecular flexibility index (Phi) is 6.36. The first-order chi connectivity index (χ1) is 16.0. The molecule has 8 heteroatoms. The van der Waals surface area contributed by atoms with Crippen molar-refractivity contribution in [3.63, 3.8) is 0 Å². The minimum Gasteiger partial charge on any atom is -0.368 e. The quantitative estimate of drug-likeness (QED) is 0.469. The summed E-state index contributed by atoms with van der Waals surface area (Å²) in [6.45, 7) is 0.0112. The van der Waals surface area contributed by atoms with Crippen LogP contribution < -0.4 is 21.3 Å². The van der Waals surface area contributed by atoms with E-state index < -0.39 is 0 Å². The SMILES string of the molecule is CN(C=C1NC(=O)c2ccccc2N1)CC(=O)Nc1ccccc1C(=O)Nc1ccccc1. The lowest BCUT2D eigenvalue weighted by molar-refractivity contribution is -0.116. The predicted octanol–water partition coefficient (Wildman–Crippen LogP) is 3.46. The summed E-state index contributed by atoms with van der Waals surface area (Å²) in [6, 6.07) is 23.1. The van der Waals surface area contributed by atoms with Crippen LogP contribution in [0.25, 0.3) is 0 Å². The van der Waals surface area contributed by atoms with Gasteiger partial charge in [0.05, 0.1) is 29.0 Å². The van der Waals surface area contributed by atoms with Crippen LogP contribution in [0.15, 0.2) is 90.9 Å². The highest BCUT2D eigenvalue weighted by Crippen LogP contribution is 2.21. The molecule has 0 fully saturated rings. The van der Waals surface area contributed by atoms with E-state index in [1.807, 2.05) is 30.3 Å². The molecule has 0 aromatic heterocycles. The van der Waals surface area contributed by atoms with Crippen molar-refractivity contribution in [2.24, 2.45) is 0 Å². The van der Waals surface area contributed by atoms with Crippen LogP contribution in [-0.4, -0.2) is 36.2 Å². The third kappa shape index (κ3) is 5.37. The number of fused-ring (bicyclic) bond motifs is 1. The van der Waals surface area contributed by atoms with Gasteiger partial charge in [0, 0.05) is 18.9 Å². The summed E-state index contributed by atoms with van der Waals surface area (Å²) >= 11 is 0. The fraction of sp³-hybridized carbons (Fsp3) is 0.0800. The maximum atomic E-state index is 12.7. The molecule has 0 unspecified atom stereocenters. The number of carbonyl (C=O) groups is 3. The van der Waals surface area contributed by atoms with Gasteiger partial charge in [0.1, 0.15) is 5.82 Å². The van der Waals surface area contributed by atoms with Gasteiger partial charge in [-0.05, 0) is 36.4 Å². The van der Waals surface area contributed by atoms with Crippen molar-refractivity contribution in [2.75, 3.05) is 29.5 Å². The molecule has 1 aliphatic rings. The molecule has 3 aromatic rings. The molecule has 0 bridgehead atoms. The van der Waals surface area contributed by atoms with Gasteiger partial charge in [0.15, 0.2) is 0 Å². The predicted molar refractivity (Wildman–Crippen MR) is 128 cm³/mol. The molecule has 3 aromatic carbocycles. The summed E-state index contributed by atoms with van der Waals surface area (Å²) in [5, 5.41) is 11.5. The van der Waals surface area contributed by atoms with Crippen LogP contribution in [0.4, 0.5) is 17.1 Å². The fourth-order valence-corrected chi connectivity index (χ4v) is 3.41. The van der Waals surface area contributed by atoms with Crippen LogP contribution in [0, 0.1) is 0 Å². The number of benzene rings is 3. The van der Waals surface area contributed by atoms with Crippen LogP contribution in [0.1, 0.15) is 20.7 Å². The van der Waals surface area contributed by atoms with E-state index in [-0.39, 0.29) is 24.3 Å². The molecule has 8 nitrogen and oxygen atoms in total. The fourth-order valence-electron chi connectivity index (χ4n) is 3.41. The van der Waals surface area contributed by atoms with Crippen molar-refractivity contribution < 1.29 is 14.4 Å². The number of hydrogen-bond donors (Lipinski definition) is 4. The van der Waals surface area contributed by atoms with E-state index in [1.54, 1.807) is 66.7 Å². The lowest BCUT2D eigenvalue weighted by atomic mass is 10.1. The van der Waals surface area contributed by atoms with Crippen molar-refractivity contribution in [3.05, 3.63) is 102 Å². The number of carbonyl (C=O) groups excluding carboxylic acids is 3. The molecule has 0 saturated carbocycles. The number of para-hydroxylation sites is 3. The first kappa shape index (κ1) is 21.6. The molecule has 0 spiro atoms. The van der Waals surface area contributed by atoms with Crippen LogP contribution in [-0.2, 0) is 4.79 Å². The number of rotatable bonds is 6. The van der Waals surface area contributed by atoms with E-state index in [2.05, 4.69) is 21.3 Å². The first-order valence-electron chi connectivity index (χ1n) is 10.3. The smallest absolute Gasteiger partial charge is 0.258 e. The molecular weight excluding hydrogens is 418 g/mol.